The van der Waals surface area contributed by atoms with Crippen LogP contribution < -0.4 is 0 Å². The van der Waals surface area contributed by atoms with Crippen molar-refractivity contribution in [2.24, 2.45) is 7.05 Å². The maximum absolute atomic E-state index is 11.4. The summed E-state index contributed by atoms with van der Waals surface area (Å²) in [5, 5.41) is 14.6. The van der Waals surface area contributed by atoms with Crippen LogP contribution in [0.2, 0.25) is 5.02 Å². The molecule has 2 aromatic rings. The van der Waals surface area contributed by atoms with Crippen LogP contribution in [-0.4, -0.2) is 29.6 Å². The number of halogens is 1. The molecule has 102 valence electrons. The first-order valence-electron chi connectivity index (χ1n) is 5.46. The smallest absolute Gasteiger partial charge is 0.175 e. The lowest BCUT2D eigenvalue weighted by Gasteiger charge is -2.12. The lowest BCUT2D eigenvalue weighted by Crippen LogP contribution is -2.07. The second-order valence-corrected chi connectivity index (χ2v) is 6.67. The van der Waals surface area contributed by atoms with Gasteiger partial charge in [0.25, 0.3) is 0 Å². The van der Waals surface area contributed by atoms with Crippen molar-refractivity contribution in [3.63, 3.8) is 0 Å². The number of hydrogen-bond donors (Lipinski definition) is 1. The van der Waals surface area contributed by atoms with Gasteiger partial charge in [-0.15, -0.1) is 0 Å². The molecule has 0 aliphatic carbocycles. The van der Waals surface area contributed by atoms with E-state index in [0.717, 1.165) is 6.26 Å². The van der Waals surface area contributed by atoms with Gasteiger partial charge in [0.05, 0.1) is 21.8 Å². The number of aliphatic hydroxyl groups excluding tert-OH is 1. The molecule has 19 heavy (non-hydrogen) atoms. The molecule has 1 atom stereocenters. The number of benzene rings is 1. The number of aliphatic hydroxyl groups is 1. The summed E-state index contributed by atoms with van der Waals surface area (Å²) in [5.74, 6) is 0. The number of hydrogen-bond acceptors (Lipinski definition) is 4. The average molecular weight is 301 g/mol. The van der Waals surface area contributed by atoms with Gasteiger partial charge in [0.1, 0.15) is 6.10 Å². The monoisotopic (exact) mass is 300 g/mol. The minimum atomic E-state index is -3.24. The third-order valence-electron chi connectivity index (χ3n) is 2.82. The van der Waals surface area contributed by atoms with E-state index in [4.69, 9.17) is 11.6 Å². The summed E-state index contributed by atoms with van der Waals surface area (Å²) in [7, 11) is -1.56. The van der Waals surface area contributed by atoms with Gasteiger partial charge in [0.15, 0.2) is 9.84 Å². The number of nitrogens with zero attached hydrogens (tertiary/aromatic N) is 2. The molecule has 5 nitrogen and oxygen atoms in total. The van der Waals surface area contributed by atoms with Crippen molar-refractivity contribution in [2.75, 3.05) is 6.26 Å². The van der Waals surface area contributed by atoms with Gasteiger partial charge in [-0.2, -0.15) is 5.10 Å². The molecule has 0 fully saturated rings. The molecule has 0 radical (unpaired) electrons. The van der Waals surface area contributed by atoms with Crippen molar-refractivity contribution in [1.82, 2.24) is 9.78 Å². The highest BCUT2D eigenvalue weighted by molar-refractivity contribution is 7.90. The van der Waals surface area contributed by atoms with Crippen molar-refractivity contribution < 1.29 is 13.5 Å². The summed E-state index contributed by atoms with van der Waals surface area (Å²) in [6.07, 6.45) is 1.63. The average Bonchev–Trinajstić information content (AvgIpc) is 2.67. The summed E-state index contributed by atoms with van der Waals surface area (Å²) in [5.41, 5.74) is 1.02. The van der Waals surface area contributed by atoms with Crippen molar-refractivity contribution in [1.29, 1.82) is 0 Å². The molecular weight excluding hydrogens is 288 g/mol. The standard InChI is InChI=1S/C12H13ClN2O3S/c1-15-11(10(13)7-14-15)12(16)8-3-5-9(6-4-8)19(2,17)18/h3-7,12,16H,1-2H3. The van der Waals surface area contributed by atoms with Gasteiger partial charge in [-0.05, 0) is 17.7 Å². The Morgan fingerprint density at radius 2 is 1.89 bits per heavy atom. The number of aryl methyl sites for hydroxylation is 1. The molecule has 2 rings (SSSR count). The van der Waals surface area contributed by atoms with E-state index < -0.39 is 15.9 Å². The molecule has 7 heteroatoms. The predicted molar refractivity (Wildman–Crippen MR) is 71.8 cm³/mol. The van der Waals surface area contributed by atoms with Gasteiger partial charge in [0, 0.05) is 13.3 Å². The fraction of sp³-hybridized carbons (Fsp3) is 0.250. The van der Waals surface area contributed by atoms with Crippen LogP contribution in [0.25, 0.3) is 0 Å². The number of sulfone groups is 1. The van der Waals surface area contributed by atoms with E-state index in [1.807, 2.05) is 0 Å². The van der Waals surface area contributed by atoms with Gasteiger partial charge in [-0.3, -0.25) is 4.68 Å². The molecule has 0 saturated carbocycles. The maximum atomic E-state index is 11.4. The van der Waals surface area contributed by atoms with Crippen molar-refractivity contribution in [3.8, 4) is 0 Å². The second-order valence-electron chi connectivity index (χ2n) is 4.25. The zero-order valence-electron chi connectivity index (χ0n) is 10.4. The van der Waals surface area contributed by atoms with Crippen LogP contribution in [0.15, 0.2) is 35.4 Å². The van der Waals surface area contributed by atoms with Gasteiger partial charge in [0.2, 0.25) is 0 Å². The predicted octanol–water partition coefficient (Wildman–Crippen LogP) is 1.56. The first-order valence-corrected chi connectivity index (χ1v) is 7.73. The van der Waals surface area contributed by atoms with E-state index in [1.165, 1.54) is 23.0 Å². The molecule has 0 spiro atoms. The quantitative estimate of drug-likeness (QED) is 0.933. The van der Waals surface area contributed by atoms with Gasteiger partial charge in [-0.25, -0.2) is 8.42 Å². The van der Waals surface area contributed by atoms with Gasteiger partial charge < -0.3 is 5.11 Å². The molecule has 1 unspecified atom stereocenters. The highest BCUT2D eigenvalue weighted by Gasteiger charge is 2.19. The second kappa shape index (κ2) is 4.96. The maximum Gasteiger partial charge on any atom is 0.175 e. The third kappa shape index (κ3) is 2.80. The van der Waals surface area contributed by atoms with E-state index in [1.54, 1.807) is 19.2 Å². The molecule has 0 bridgehead atoms. The molecule has 1 heterocycles. The molecule has 1 aromatic carbocycles. The van der Waals surface area contributed by atoms with Crippen molar-refractivity contribution >= 4 is 21.4 Å². The highest BCUT2D eigenvalue weighted by atomic mass is 35.5. The molecule has 0 saturated heterocycles. The Bertz CT molecular complexity index is 673. The molecule has 0 aliphatic heterocycles. The number of rotatable bonds is 3. The Morgan fingerprint density at radius 3 is 2.32 bits per heavy atom. The lowest BCUT2D eigenvalue weighted by atomic mass is 10.1. The lowest BCUT2D eigenvalue weighted by molar-refractivity contribution is 0.210. The van der Waals surface area contributed by atoms with Gasteiger partial charge >= 0.3 is 0 Å². The normalized spacial score (nSPS) is 13.5. The van der Waals surface area contributed by atoms with Crippen LogP contribution in [-0.2, 0) is 16.9 Å². The Balaban J connectivity index is 2.38. The van der Waals surface area contributed by atoms with E-state index in [0.29, 0.717) is 16.3 Å². The summed E-state index contributed by atoms with van der Waals surface area (Å²) >= 11 is 5.95. The fourth-order valence-corrected chi connectivity index (χ4v) is 2.68. The van der Waals surface area contributed by atoms with E-state index in [-0.39, 0.29) is 4.90 Å². The van der Waals surface area contributed by atoms with Crippen LogP contribution in [0.5, 0.6) is 0 Å². The zero-order chi connectivity index (χ0) is 14.2. The van der Waals surface area contributed by atoms with Crippen molar-refractivity contribution in [3.05, 3.63) is 46.7 Å². The molecular formula is C12H13ClN2O3S. The van der Waals surface area contributed by atoms with Crippen LogP contribution in [0.3, 0.4) is 0 Å². The van der Waals surface area contributed by atoms with E-state index in [2.05, 4.69) is 5.10 Å². The van der Waals surface area contributed by atoms with Crippen molar-refractivity contribution in [2.45, 2.75) is 11.0 Å². The summed E-state index contributed by atoms with van der Waals surface area (Å²) in [6.45, 7) is 0. The molecule has 0 amide bonds. The first kappa shape index (κ1) is 14.0. The SMILES string of the molecule is Cn1ncc(Cl)c1C(O)c1ccc(S(C)(=O)=O)cc1. The fourth-order valence-electron chi connectivity index (χ4n) is 1.78. The van der Waals surface area contributed by atoms with Crippen LogP contribution in [0, 0.1) is 0 Å². The van der Waals surface area contributed by atoms with Crippen LogP contribution >= 0.6 is 11.6 Å². The Hall–Kier alpha value is -1.37. The summed E-state index contributed by atoms with van der Waals surface area (Å²) in [4.78, 5) is 0.208. The highest BCUT2D eigenvalue weighted by Crippen LogP contribution is 2.28. The largest absolute Gasteiger partial charge is 0.382 e. The van der Waals surface area contributed by atoms with E-state index in [9.17, 15) is 13.5 Å². The Morgan fingerprint density at radius 1 is 1.32 bits per heavy atom. The third-order valence-corrected chi connectivity index (χ3v) is 4.24. The topological polar surface area (TPSA) is 72.2 Å². The van der Waals surface area contributed by atoms with E-state index >= 15 is 0 Å². The Labute approximate surface area is 116 Å². The molecule has 0 aliphatic rings. The zero-order valence-corrected chi connectivity index (χ0v) is 12.0. The minimum Gasteiger partial charge on any atom is -0.382 e. The van der Waals surface area contributed by atoms with Crippen LogP contribution in [0.4, 0.5) is 0 Å². The van der Waals surface area contributed by atoms with Crippen LogP contribution in [0.1, 0.15) is 17.4 Å². The molecule has 1 N–H and O–H groups in total. The Kier molecular flexibility index (Phi) is 3.66. The minimum absolute atomic E-state index is 0.208. The number of aromatic nitrogens is 2. The summed E-state index contributed by atoms with van der Waals surface area (Å²) in [6, 6.07) is 6.03. The summed E-state index contributed by atoms with van der Waals surface area (Å²) < 4.78 is 24.2. The molecule has 1 aromatic heterocycles. The van der Waals surface area contributed by atoms with Gasteiger partial charge in [-0.1, -0.05) is 23.7 Å². The first-order chi connectivity index (χ1) is 8.80.